The summed E-state index contributed by atoms with van der Waals surface area (Å²) in [5, 5.41) is 4.79. The normalized spacial score (nSPS) is 16.9. The van der Waals surface area contributed by atoms with Gasteiger partial charge >= 0.3 is 5.97 Å². The molecule has 1 aliphatic heterocycles. The number of aromatic nitrogens is 1. The summed E-state index contributed by atoms with van der Waals surface area (Å²) in [6, 6.07) is 21.9. The molecule has 0 unspecified atom stereocenters. The molecule has 3 aromatic carbocycles. The van der Waals surface area contributed by atoms with E-state index in [1.165, 1.54) is 6.92 Å². The van der Waals surface area contributed by atoms with Crippen molar-refractivity contribution in [3.8, 4) is 11.1 Å². The Morgan fingerprint density at radius 3 is 2.41 bits per heavy atom. The Labute approximate surface area is 225 Å². The van der Waals surface area contributed by atoms with Crippen molar-refractivity contribution in [1.82, 2.24) is 15.2 Å². The highest BCUT2D eigenvalue weighted by Gasteiger charge is 2.56. The summed E-state index contributed by atoms with van der Waals surface area (Å²) in [7, 11) is 0. The van der Waals surface area contributed by atoms with Crippen molar-refractivity contribution < 1.29 is 19.1 Å². The quantitative estimate of drug-likeness (QED) is 0.386. The van der Waals surface area contributed by atoms with Gasteiger partial charge in [-0.25, -0.2) is 4.98 Å². The molecule has 1 atom stereocenters. The third-order valence-corrected chi connectivity index (χ3v) is 7.64. The van der Waals surface area contributed by atoms with Crippen LogP contribution in [0.25, 0.3) is 21.9 Å². The number of nitrogens with one attached hydrogen (secondary N) is 1. The highest BCUT2D eigenvalue weighted by atomic mass is 16.6. The van der Waals surface area contributed by atoms with Gasteiger partial charge in [-0.3, -0.25) is 14.4 Å². The van der Waals surface area contributed by atoms with Crippen LogP contribution in [0.3, 0.4) is 0 Å². The number of carbonyl (C=O) groups is 3. The van der Waals surface area contributed by atoms with Crippen molar-refractivity contribution in [3.63, 3.8) is 0 Å². The van der Waals surface area contributed by atoms with Crippen LogP contribution in [0.1, 0.15) is 36.5 Å². The van der Waals surface area contributed by atoms with Crippen LogP contribution in [0.2, 0.25) is 0 Å². The standard InChI is InChI=1S/C31H28N4O4/c1-19(36)39-31(25-9-4-2-7-23(25)24-8-3-5-10-26(24)31)30(38)35-16-6-11-27(35)29(37)34-18-20-12-13-22-21(17-20)14-15-33-28(22)32/h2-5,7-10,12-15,17,27H,6,11,16,18H2,1H3,(H2,32,33)(H,34,37)/t27-/m0/s1. The number of hydrogen-bond donors (Lipinski definition) is 2. The predicted octanol–water partition coefficient (Wildman–Crippen LogP) is 3.91. The molecule has 39 heavy (non-hydrogen) atoms. The van der Waals surface area contributed by atoms with Crippen LogP contribution in [0.15, 0.2) is 79.0 Å². The molecule has 3 N–H and O–H groups in total. The van der Waals surface area contributed by atoms with Crippen LogP contribution in [0.4, 0.5) is 5.82 Å². The Bertz CT molecular complexity index is 1590. The van der Waals surface area contributed by atoms with Crippen molar-refractivity contribution in [1.29, 1.82) is 0 Å². The monoisotopic (exact) mass is 520 g/mol. The van der Waals surface area contributed by atoms with Gasteiger partial charge in [-0.1, -0.05) is 60.7 Å². The molecule has 4 aromatic rings. The van der Waals surface area contributed by atoms with Gasteiger partial charge in [-0.05, 0) is 47.1 Å². The number of rotatable bonds is 5. The molecule has 1 fully saturated rings. The Balaban J connectivity index is 1.29. The minimum Gasteiger partial charge on any atom is -0.439 e. The summed E-state index contributed by atoms with van der Waals surface area (Å²) in [6.45, 7) is 2.00. The highest BCUT2D eigenvalue weighted by molar-refractivity contribution is 6.02. The lowest BCUT2D eigenvalue weighted by Gasteiger charge is -2.35. The number of ether oxygens (including phenoxy) is 1. The number of likely N-dealkylation sites (tertiary alicyclic amines) is 1. The van der Waals surface area contributed by atoms with Crippen LogP contribution in [0, 0.1) is 0 Å². The first kappa shape index (κ1) is 24.6. The topological polar surface area (TPSA) is 115 Å². The minimum absolute atomic E-state index is 0.243. The lowest BCUT2D eigenvalue weighted by molar-refractivity contribution is -0.169. The number of fused-ring (bicyclic) bond motifs is 4. The summed E-state index contributed by atoms with van der Waals surface area (Å²) in [4.78, 5) is 46.0. The molecular formula is C31H28N4O4. The van der Waals surface area contributed by atoms with Gasteiger partial charge in [-0.2, -0.15) is 0 Å². The number of benzene rings is 3. The maximum atomic E-state index is 14.4. The van der Waals surface area contributed by atoms with Crippen LogP contribution in [0.5, 0.6) is 0 Å². The largest absolute Gasteiger partial charge is 0.439 e. The second-order valence-corrected chi connectivity index (χ2v) is 9.99. The number of esters is 1. The maximum absolute atomic E-state index is 14.4. The number of nitrogens with two attached hydrogens (primary N) is 1. The molecule has 2 aliphatic rings. The Morgan fingerprint density at radius 2 is 1.72 bits per heavy atom. The SMILES string of the molecule is CC(=O)OC1(C(=O)N2CCC[C@H]2C(=O)NCc2ccc3c(N)nccc3c2)c2ccccc2-c2ccccc21. The third kappa shape index (κ3) is 4.00. The lowest BCUT2D eigenvalue weighted by Crippen LogP contribution is -2.54. The minimum atomic E-state index is -1.64. The van der Waals surface area contributed by atoms with E-state index >= 15 is 0 Å². The Hall–Kier alpha value is -4.72. The second-order valence-electron chi connectivity index (χ2n) is 9.99. The zero-order valence-electron chi connectivity index (χ0n) is 21.5. The van der Waals surface area contributed by atoms with E-state index in [1.54, 1.807) is 11.1 Å². The first-order valence-corrected chi connectivity index (χ1v) is 13.0. The van der Waals surface area contributed by atoms with Crippen molar-refractivity contribution in [2.24, 2.45) is 0 Å². The van der Waals surface area contributed by atoms with Crippen molar-refractivity contribution in [3.05, 3.63) is 95.7 Å². The van der Waals surface area contributed by atoms with E-state index in [2.05, 4.69) is 10.3 Å². The zero-order valence-corrected chi connectivity index (χ0v) is 21.5. The number of carbonyl (C=O) groups excluding carboxylic acids is 3. The van der Waals surface area contributed by atoms with Crippen molar-refractivity contribution in [2.75, 3.05) is 12.3 Å². The molecule has 1 aliphatic carbocycles. The van der Waals surface area contributed by atoms with Gasteiger partial charge in [0.1, 0.15) is 11.9 Å². The van der Waals surface area contributed by atoms with Crippen LogP contribution < -0.4 is 11.1 Å². The molecule has 0 saturated carbocycles. The molecule has 0 bridgehead atoms. The number of nitrogen functional groups attached to an aromatic ring is 1. The molecular weight excluding hydrogens is 492 g/mol. The van der Waals surface area contributed by atoms with Gasteiger partial charge < -0.3 is 20.7 Å². The van der Waals surface area contributed by atoms with Gasteiger partial charge in [0.25, 0.3) is 5.91 Å². The zero-order chi connectivity index (χ0) is 27.1. The first-order valence-electron chi connectivity index (χ1n) is 13.0. The van der Waals surface area contributed by atoms with E-state index < -0.39 is 23.5 Å². The van der Waals surface area contributed by atoms with Gasteiger partial charge in [0.2, 0.25) is 11.5 Å². The molecule has 8 nitrogen and oxygen atoms in total. The van der Waals surface area contributed by atoms with Gasteiger partial charge in [0, 0.05) is 42.7 Å². The van der Waals surface area contributed by atoms with E-state index in [-0.39, 0.29) is 5.91 Å². The molecule has 0 radical (unpaired) electrons. The van der Waals surface area contributed by atoms with E-state index in [1.807, 2.05) is 72.8 Å². The smallest absolute Gasteiger partial charge is 0.304 e. The Morgan fingerprint density at radius 1 is 1.03 bits per heavy atom. The van der Waals surface area contributed by atoms with Crippen molar-refractivity contribution >= 4 is 34.4 Å². The maximum Gasteiger partial charge on any atom is 0.304 e. The van der Waals surface area contributed by atoms with E-state index in [9.17, 15) is 14.4 Å². The molecule has 6 rings (SSSR count). The summed E-state index contributed by atoms with van der Waals surface area (Å²) < 4.78 is 5.96. The molecule has 1 saturated heterocycles. The number of hydrogen-bond acceptors (Lipinski definition) is 6. The van der Waals surface area contributed by atoms with E-state index in [4.69, 9.17) is 10.5 Å². The fourth-order valence-electron chi connectivity index (χ4n) is 5.95. The number of pyridine rings is 1. The molecule has 196 valence electrons. The highest BCUT2D eigenvalue weighted by Crippen LogP contribution is 2.51. The molecule has 0 spiro atoms. The fraction of sp³-hybridized carbons (Fsp3) is 0.226. The molecule has 8 heteroatoms. The second kappa shape index (κ2) is 9.54. The molecule has 1 aromatic heterocycles. The van der Waals surface area contributed by atoms with Crippen molar-refractivity contribution in [2.45, 2.75) is 38.0 Å². The van der Waals surface area contributed by atoms with Crippen LogP contribution in [-0.4, -0.2) is 40.3 Å². The van der Waals surface area contributed by atoms with Gasteiger partial charge in [-0.15, -0.1) is 0 Å². The molecule has 2 amide bonds. The summed E-state index contributed by atoms with van der Waals surface area (Å²) in [5.74, 6) is -0.753. The average molecular weight is 521 g/mol. The number of nitrogens with zero attached hydrogens (tertiary/aromatic N) is 2. The third-order valence-electron chi connectivity index (χ3n) is 7.64. The lowest BCUT2D eigenvalue weighted by atomic mass is 9.89. The number of anilines is 1. The predicted molar refractivity (Wildman–Crippen MR) is 147 cm³/mol. The number of amides is 2. The first-order chi connectivity index (χ1) is 18.9. The van der Waals surface area contributed by atoms with Crippen LogP contribution in [-0.2, 0) is 31.3 Å². The van der Waals surface area contributed by atoms with Crippen LogP contribution >= 0.6 is 0 Å². The van der Waals surface area contributed by atoms with Gasteiger partial charge in [0.15, 0.2) is 0 Å². The van der Waals surface area contributed by atoms with E-state index in [0.717, 1.165) is 27.5 Å². The Kier molecular flexibility index (Phi) is 6.02. The fourth-order valence-corrected chi connectivity index (χ4v) is 5.95. The molecule has 2 heterocycles. The van der Waals surface area contributed by atoms with E-state index in [0.29, 0.717) is 42.9 Å². The summed E-state index contributed by atoms with van der Waals surface area (Å²) >= 11 is 0. The average Bonchev–Trinajstić information content (AvgIpc) is 3.54. The summed E-state index contributed by atoms with van der Waals surface area (Å²) in [5.41, 5.74) is 8.13. The van der Waals surface area contributed by atoms with Gasteiger partial charge in [0.05, 0.1) is 0 Å². The summed E-state index contributed by atoms with van der Waals surface area (Å²) in [6.07, 6.45) is 2.85.